The van der Waals surface area contributed by atoms with Crippen LogP contribution >= 0.6 is 0 Å². The summed E-state index contributed by atoms with van der Waals surface area (Å²) in [5.74, 6) is -0.379. The number of esters is 1. The Hall–Kier alpha value is -1.52. The molecule has 0 heterocycles. The third-order valence-corrected chi connectivity index (χ3v) is 3.00. The molecule has 0 aliphatic rings. The summed E-state index contributed by atoms with van der Waals surface area (Å²) in [7, 11) is 0. The van der Waals surface area contributed by atoms with Crippen LogP contribution in [0.25, 0.3) is 0 Å². The standard InChI is InChI=1S/C16H29NO4/c1-4-7-9-10-11-14(15(18)20-13-8-5-2)17-16(19)21-12-6-3/h6,14H,3-5,7-13H2,1-2H3,(H,17,19). The molecule has 0 aromatic carbocycles. The van der Waals surface area contributed by atoms with Gasteiger partial charge in [-0.1, -0.05) is 58.6 Å². The van der Waals surface area contributed by atoms with E-state index in [1.165, 1.54) is 6.08 Å². The van der Waals surface area contributed by atoms with E-state index in [1.54, 1.807) is 0 Å². The summed E-state index contributed by atoms with van der Waals surface area (Å²) in [5.41, 5.74) is 0. The monoisotopic (exact) mass is 299 g/mol. The van der Waals surface area contributed by atoms with E-state index in [2.05, 4.69) is 18.8 Å². The SMILES string of the molecule is C=CCOC(=O)NC(CCCCCC)C(=O)OCCCC. The van der Waals surface area contributed by atoms with Gasteiger partial charge in [-0.05, 0) is 12.8 Å². The van der Waals surface area contributed by atoms with Crippen molar-refractivity contribution in [2.45, 2.75) is 64.8 Å². The Bertz CT molecular complexity index is 305. The Morgan fingerprint density at radius 1 is 1.10 bits per heavy atom. The molecule has 0 radical (unpaired) electrons. The van der Waals surface area contributed by atoms with Gasteiger partial charge in [0.05, 0.1) is 6.61 Å². The molecule has 0 aromatic rings. The van der Waals surface area contributed by atoms with Crippen LogP contribution in [-0.2, 0) is 14.3 Å². The molecule has 0 saturated heterocycles. The highest BCUT2D eigenvalue weighted by atomic mass is 16.6. The quantitative estimate of drug-likeness (QED) is 0.340. The molecule has 0 aliphatic heterocycles. The zero-order valence-electron chi connectivity index (χ0n) is 13.4. The average Bonchev–Trinajstić information content (AvgIpc) is 2.48. The van der Waals surface area contributed by atoms with Crippen LogP contribution in [0.15, 0.2) is 12.7 Å². The van der Waals surface area contributed by atoms with Crippen molar-refractivity contribution < 1.29 is 19.1 Å². The number of rotatable bonds is 12. The van der Waals surface area contributed by atoms with E-state index in [4.69, 9.17) is 9.47 Å². The summed E-state index contributed by atoms with van der Waals surface area (Å²) < 4.78 is 10.0. The molecule has 0 spiro atoms. The van der Waals surface area contributed by atoms with Crippen LogP contribution in [0.4, 0.5) is 4.79 Å². The van der Waals surface area contributed by atoms with Gasteiger partial charge < -0.3 is 14.8 Å². The van der Waals surface area contributed by atoms with Gasteiger partial charge in [0.15, 0.2) is 0 Å². The van der Waals surface area contributed by atoms with Crippen molar-refractivity contribution >= 4 is 12.1 Å². The molecule has 5 nitrogen and oxygen atoms in total. The number of unbranched alkanes of at least 4 members (excludes halogenated alkanes) is 4. The van der Waals surface area contributed by atoms with Gasteiger partial charge in [0, 0.05) is 0 Å². The van der Waals surface area contributed by atoms with Crippen LogP contribution in [0.3, 0.4) is 0 Å². The van der Waals surface area contributed by atoms with Crippen LogP contribution in [0.5, 0.6) is 0 Å². The molecule has 1 N–H and O–H groups in total. The summed E-state index contributed by atoms with van der Waals surface area (Å²) in [6.45, 7) is 8.14. The number of hydrogen-bond acceptors (Lipinski definition) is 4. The first kappa shape index (κ1) is 19.5. The maximum absolute atomic E-state index is 12.0. The van der Waals surface area contributed by atoms with Crippen LogP contribution in [0.1, 0.15) is 58.8 Å². The summed E-state index contributed by atoms with van der Waals surface area (Å²) in [6.07, 6.45) is 7.41. The zero-order valence-corrected chi connectivity index (χ0v) is 13.4. The Kier molecular flexibility index (Phi) is 12.5. The van der Waals surface area contributed by atoms with Gasteiger partial charge in [0.25, 0.3) is 0 Å². The first-order chi connectivity index (χ1) is 10.2. The number of carbonyl (C=O) groups excluding carboxylic acids is 2. The van der Waals surface area contributed by atoms with E-state index in [0.29, 0.717) is 13.0 Å². The lowest BCUT2D eigenvalue weighted by atomic mass is 10.1. The molecule has 1 unspecified atom stereocenters. The summed E-state index contributed by atoms with van der Waals surface area (Å²) >= 11 is 0. The predicted octanol–water partition coefficient (Wildman–Crippen LogP) is 3.58. The van der Waals surface area contributed by atoms with Gasteiger partial charge in [-0.3, -0.25) is 0 Å². The smallest absolute Gasteiger partial charge is 0.408 e. The second-order valence-electron chi connectivity index (χ2n) is 4.95. The molecular weight excluding hydrogens is 270 g/mol. The second kappa shape index (κ2) is 13.5. The Labute approximate surface area is 128 Å². The average molecular weight is 299 g/mol. The van der Waals surface area contributed by atoms with Crippen molar-refractivity contribution in [3.05, 3.63) is 12.7 Å². The second-order valence-corrected chi connectivity index (χ2v) is 4.95. The topological polar surface area (TPSA) is 64.6 Å². The number of ether oxygens (including phenoxy) is 2. The van der Waals surface area contributed by atoms with Gasteiger partial charge >= 0.3 is 12.1 Å². The van der Waals surface area contributed by atoms with Crippen molar-refractivity contribution in [2.24, 2.45) is 0 Å². The number of carbonyl (C=O) groups is 2. The molecule has 0 aromatic heterocycles. The number of nitrogens with one attached hydrogen (secondary N) is 1. The van der Waals surface area contributed by atoms with Gasteiger partial charge in [-0.2, -0.15) is 0 Å². The fourth-order valence-electron chi connectivity index (χ4n) is 1.76. The van der Waals surface area contributed by atoms with Crippen LogP contribution in [-0.4, -0.2) is 31.3 Å². The molecule has 0 rings (SSSR count). The molecule has 21 heavy (non-hydrogen) atoms. The first-order valence-electron chi connectivity index (χ1n) is 7.86. The molecule has 0 bridgehead atoms. The normalized spacial score (nSPS) is 11.5. The Balaban J connectivity index is 4.27. The number of amides is 1. The highest BCUT2D eigenvalue weighted by molar-refractivity contribution is 5.81. The van der Waals surface area contributed by atoms with Crippen LogP contribution in [0, 0.1) is 0 Å². The third kappa shape index (κ3) is 10.9. The molecule has 0 fully saturated rings. The van der Waals surface area contributed by atoms with Crippen molar-refractivity contribution in [3.8, 4) is 0 Å². The molecule has 0 saturated carbocycles. The maximum Gasteiger partial charge on any atom is 0.408 e. The van der Waals surface area contributed by atoms with Crippen LogP contribution < -0.4 is 5.32 Å². The number of alkyl carbamates (subject to hydrolysis) is 1. The highest BCUT2D eigenvalue weighted by Gasteiger charge is 2.22. The van der Waals surface area contributed by atoms with E-state index in [9.17, 15) is 9.59 Å². The number of hydrogen-bond donors (Lipinski definition) is 1. The lowest BCUT2D eigenvalue weighted by molar-refractivity contribution is -0.146. The molecule has 5 heteroatoms. The lowest BCUT2D eigenvalue weighted by Crippen LogP contribution is -2.42. The van der Waals surface area contributed by atoms with Crippen molar-refractivity contribution in [1.82, 2.24) is 5.32 Å². The minimum Gasteiger partial charge on any atom is -0.464 e. The van der Waals surface area contributed by atoms with Crippen molar-refractivity contribution in [1.29, 1.82) is 0 Å². The third-order valence-electron chi connectivity index (χ3n) is 3.00. The Morgan fingerprint density at radius 3 is 2.43 bits per heavy atom. The summed E-state index contributed by atoms with van der Waals surface area (Å²) in [5, 5.41) is 2.57. The van der Waals surface area contributed by atoms with Gasteiger partial charge in [0.1, 0.15) is 12.6 Å². The van der Waals surface area contributed by atoms with E-state index in [1.807, 2.05) is 6.92 Å². The summed E-state index contributed by atoms with van der Waals surface area (Å²) in [6, 6.07) is -0.629. The minimum absolute atomic E-state index is 0.124. The van der Waals surface area contributed by atoms with E-state index < -0.39 is 12.1 Å². The molecule has 0 aliphatic carbocycles. The van der Waals surface area contributed by atoms with Crippen LogP contribution in [0.2, 0.25) is 0 Å². The van der Waals surface area contributed by atoms with E-state index in [-0.39, 0.29) is 12.6 Å². The highest BCUT2D eigenvalue weighted by Crippen LogP contribution is 2.08. The van der Waals surface area contributed by atoms with E-state index in [0.717, 1.165) is 38.5 Å². The lowest BCUT2D eigenvalue weighted by Gasteiger charge is -2.17. The molecular formula is C16H29NO4. The van der Waals surface area contributed by atoms with Gasteiger partial charge in [-0.15, -0.1) is 0 Å². The van der Waals surface area contributed by atoms with Gasteiger partial charge in [-0.25, -0.2) is 9.59 Å². The fraction of sp³-hybridized carbons (Fsp3) is 0.750. The molecule has 1 atom stereocenters. The minimum atomic E-state index is -0.629. The molecule has 122 valence electrons. The van der Waals surface area contributed by atoms with Crippen molar-refractivity contribution in [2.75, 3.05) is 13.2 Å². The van der Waals surface area contributed by atoms with Crippen molar-refractivity contribution in [3.63, 3.8) is 0 Å². The first-order valence-corrected chi connectivity index (χ1v) is 7.86. The Morgan fingerprint density at radius 2 is 1.81 bits per heavy atom. The predicted molar refractivity (Wildman–Crippen MR) is 83.1 cm³/mol. The largest absolute Gasteiger partial charge is 0.464 e. The van der Waals surface area contributed by atoms with E-state index >= 15 is 0 Å². The fourth-order valence-corrected chi connectivity index (χ4v) is 1.76. The van der Waals surface area contributed by atoms with Gasteiger partial charge in [0.2, 0.25) is 0 Å². The molecule has 1 amide bonds. The summed E-state index contributed by atoms with van der Waals surface area (Å²) in [4.78, 5) is 23.5. The zero-order chi connectivity index (χ0) is 15.9. The maximum atomic E-state index is 12.0.